The van der Waals surface area contributed by atoms with Gasteiger partial charge in [0.15, 0.2) is 0 Å². The molecular weight excluding hydrogens is 519 g/mol. The maximum Gasteiger partial charge on any atom is 0.240 e. The molecular formula is C27H29FN8O2S. The van der Waals surface area contributed by atoms with E-state index in [0.29, 0.717) is 30.5 Å². The molecule has 0 radical (unpaired) electrons. The Labute approximate surface area is 226 Å². The molecule has 3 heterocycles. The number of likely N-dealkylation sites (tertiary alicyclic amines) is 1. The third kappa shape index (κ3) is 7.53. The van der Waals surface area contributed by atoms with Gasteiger partial charge in [-0.2, -0.15) is 4.98 Å². The van der Waals surface area contributed by atoms with E-state index in [-0.39, 0.29) is 16.8 Å². The standard InChI is InChI=1S/C27H29FN8O2S/c28-21-3-5-22(6-4-21)33-26-9-12-31-27(34-26)32-17-20-1-7-25(8-2-20)39(37,38)35-23-10-15-36(16-11-23)19-24-18-29-13-14-30-24/h1-9,12-14,18,23,35H,10-11,15-17,19H2,(H2,31,32,33,34). The zero-order valence-corrected chi connectivity index (χ0v) is 22.0. The quantitative estimate of drug-likeness (QED) is 0.272. The Kier molecular flexibility index (Phi) is 8.35. The van der Waals surface area contributed by atoms with Crippen molar-refractivity contribution in [3.05, 3.63) is 96.5 Å². The van der Waals surface area contributed by atoms with Crippen LogP contribution in [0.1, 0.15) is 24.1 Å². The highest BCUT2D eigenvalue weighted by molar-refractivity contribution is 7.89. The molecule has 5 rings (SSSR count). The SMILES string of the molecule is O=S(=O)(NC1CCN(Cc2cnccn2)CC1)c1ccc(CNc2nccc(Nc3ccc(F)cc3)n2)cc1. The molecule has 0 bridgehead atoms. The fourth-order valence-corrected chi connectivity index (χ4v) is 5.60. The molecule has 10 nitrogen and oxygen atoms in total. The monoisotopic (exact) mass is 548 g/mol. The molecule has 0 amide bonds. The van der Waals surface area contributed by atoms with Gasteiger partial charge in [0, 0.05) is 62.7 Å². The molecule has 3 N–H and O–H groups in total. The summed E-state index contributed by atoms with van der Waals surface area (Å²) >= 11 is 0. The summed E-state index contributed by atoms with van der Waals surface area (Å²) in [6, 6.07) is 14.3. The summed E-state index contributed by atoms with van der Waals surface area (Å²) in [5.74, 6) is 0.661. The van der Waals surface area contributed by atoms with E-state index in [0.717, 1.165) is 37.2 Å². The Morgan fingerprint density at radius 2 is 1.69 bits per heavy atom. The molecule has 0 unspecified atom stereocenters. The number of anilines is 3. The van der Waals surface area contributed by atoms with Crippen LogP contribution in [0.4, 0.5) is 21.8 Å². The third-order valence-electron chi connectivity index (χ3n) is 6.37. The summed E-state index contributed by atoms with van der Waals surface area (Å²) in [7, 11) is -3.63. The normalized spacial score (nSPS) is 14.7. The van der Waals surface area contributed by atoms with Gasteiger partial charge in [-0.1, -0.05) is 12.1 Å². The van der Waals surface area contributed by atoms with Crippen LogP contribution < -0.4 is 15.4 Å². The van der Waals surface area contributed by atoms with E-state index in [2.05, 4.69) is 40.2 Å². The van der Waals surface area contributed by atoms with Crippen molar-refractivity contribution >= 4 is 27.5 Å². The maximum atomic E-state index is 13.1. The molecule has 12 heteroatoms. The molecule has 0 aliphatic carbocycles. The van der Waals surface area contributed by atoms with Gasteiger partial charge in [0.1, 0.15) is 11.6 Å². The molecule has 1 aliphatic rings. The van der Waals surface area contributed by atoms with Crippen LogP contribution in [0.5, 0.6) is 0 Å². The Morgan fingerprint density at radius 3 is 2.41 bits per heavy atom. The average Bonchev–Trinajstić information content (AvgIpc) is 2.95. The summed E-state index contributed by atoms with van der Waals surface area (Å²) in [4.78, 5) is 19.5. The Bertz CT molecular complexity index is 1460. The number of benzene rings is 2. The highest BCUT2D eigenvalue weighted by atomic mass is 32.2. The van der Waals surface area contributed by atoms with Crippen LogP contribution in [0, 0.1) is 5.82 Å². The summed E-state index contributed by atoms with van der Waals surface area (Å²) in [6.07, 6.45) is 8.16. The Balaban J connectivity index is 1.11. The second-order valence-electron chi connectivity index (χ2n) is 9.26. The van der Waals surface area contributed by atoms with Crippen LogP contribution in [-0.4, -0.2) is 52.4 Å². The van der Waals surface area contributed by atoms with E-state index in [4.69, 9.17) is 0 Å². The van der Waals surface area contributed by atoms with Crippen LogP contribution in [0.25, 0.3) is 0 Å². The van der Waals surface area contributed by atoms with E-state index in [9.17, 15) is 12.8 Å². The zero-order chi connectivity index (χ0) is 27.1. The van der Waals surface area contributed by atoms with Crippen molar-refractivity contribution in [3.63, 3.8) is 0 Å². The highest BCUT2D eigenvalue weighted by Gasteiger charge is 2.25. The lowest BCUT2D eigenvalue weighted by atomic mass is 10.1. The van der Waals surface area contributed by atoms with Gasteiger partial charge in [-0.3, -0.25) is 14.9 Å². The van der Waals surface area contributed by atoms with Crippen molar-refractivity contribution in [2.75, 3.05) is 23.7 Å². The highest BCUT2D eigenvalue weighted by Crippen LogP contribution is 2.18. The van der Waals surface area contributed by atoms with Gasteiger partial charge in [0.05, 0.1) is 10.6 Å². The number of aromatic nitrogens is 4. The summed E-state index contributed by atoms with van der Waals surface area (Å²) in [5, 5.41) is 6.24. The van der Waals surface area contributed by atoms with Gasteiger partial charge in [0.25, 0.3) is 0 Å². The zero-order valence-electron chi connectivity index (χ0n) is 21.2. The predicted molar refractivity (Wildman–Crippen MR) is 146 cm³/mol. The number of nitrogens with zero attached hydrogens (tertiary/aromatic N) is 5. The number of sulfonamides is 1. The summed E-state index contributed by atoms with van der Waals surface area (Å²) in [6.45, 7) is 2.70. The Hall–Kier alpha value is -4.00. The van der Waals surface area contributed by atoms with Crippen LogP contribution in [-0.2, 0) is 23.1 Å². The van der Waals surface area contributed by atoms with Gasteiger partial charge in [-0.15, -0.1) is 0 Å². The second kappa shape index (κ2) is 12.2. The van der Waals surface area contributed by atoms with Crippen molar-refractivity contribution in [2.24, 2.45) is 0 Å². The lowest BCUT2D eigenvalue weighted by Crippen LogP contribution is -2.44. The molecule has 202 valence electrons. The van der Waals surface area contributed by atoms with Crippen LogP contribution in [0.3, 0.4) is 0 Å². The van der Waals surface area contributed by atoms with E-state index in [1.165, 1.54) is 12.1 Å². The largest absolute Gasteiger partial charge is 0.350 e. The lowest BCUT2D eigenvalue weighted by Gasteiger charge is -2.31. The van der Waals surface area contributed by atoms with E-state index >= 15 is 0 Å². The molecule has 1 fully saturated rings. The first-order valence-electron chi connectivity index (χ1n) is 12.6. The first kappa shape index (κ1) is 26.6. The molecule has 4 aromatic rings. The number of hydrogen-bond donors (Lipinski definition) is 3. The Morgan fingerprint density at radius 1 is 0.923 bits per heavy atom. The van der Waals surface area contributed by atoms with Crippen molar-refractivity contribution in [1.82, 2.24) is 29.6 Å². The first-order chi connectivity index (χ1) is 18.9. The van der Waals surface area contributed by atoms with E-state index in [1.807, 2.05) is 0 Å². The second-order valence-corrected chi connectivity index (χ2v) is 11.0. The number of nitrogens with one attached hydrogen (secondary N) is 3. The molecule has 39 heavy (non-hydrogen) atoms. The number of piperidine rings is 1. The maximum absolute atomic E-state index is 13.1. The number of rotatable bonds is 10. The van der Waals surface area contributed by atoms with Gasteiger partial charge < -0.3 is 10.6 Å². The van der Waals surface area contributed by atoms with Gasteiger partial charge in [-0.25, -0.2) is 22.5 Å². The van der Waals surface area contributed by atoms with Gasteiger partial charge >= 0.3 is 0 Å². The molecule has 2 aromatic heterocycles. The van der Waals surface area contributed by atoms with Crippen molar-refractivity contribution in [3.8, 4) is 0 Å². The molecule has 1 saturated heterocycles. The fraction of sp³-hybridized carbons (Fsp3) is 0.259. The number of halogens is 1. The first-order valence-corrected chi connectivity index (χ1v) is 14.1. The number of hydrogen-bond acceptors (Lipinski definition) is 9. The predicted octanol–water partition coefficient (Wildman–Crippen LogP) is 3.70. The summed E-state index contributed by atoms with van der Waals surface area (Å²) < 4.78 is 41.9. The van der Waals surface area contributed by atoms with Gasteiger partial charge in [-0.05, 0) is 60.9 Å². The fourth-order valence-electron chi connectivity index (χ4n) is 4.30. The topological polar surface area (TPSA) is 125 Å². The third-order valence-corrected chi connectivity index (χ3v) is 7.90. The summed E-state index contributed by atoms with van der Waals surface area (Å²) in [5.41, 5.74) is 2.50. The van der Waals surface area contributed by atoms with Gasteiger partial charge in [0.2, 0.25) is 16.0 Å². The molecule has 2 aromatic carbocycles. The minimum atomic E-state index is -3.63. The smallest absolute Gasteiger partial charge is 0.240 e. The van der Waals surface area contributed by atoms with Crippen LogP contribution in [0.2, 0.25) is 0 Å². The van der Waals surface area contributed by atoms with E-state index in [1.54, 1.807) is 67.3 Å². The average molecular weight is 549 g/mol. The van der Waals surface area contributed by atoms with Crippen molar-refractivity contribution in [1.29, 1.82) is 0 Å². The lowest BCUT2D eigenvalue weighted by molar-refractivity contribution is 0.197. The molecule has 1 aliphatic heterocycles. The van der Waals surface area contributed by atoms with Crippen molar-refractivity contribution in [2.45, 2.75) is 36.9 Å². The minimum Gasteiger partial charge on any atom is -0.350 e. The molecule has 0 atom stereocenters. The van der Waals surface area contributed by atoms with Crippen LogP contribution >= 0.6 is 0 Å². The van der Waals surface area contributed by atoms with Crippen LogP contribution in [0.15, 0.2) is 84.3 Å². The molecule has 0 spiro atoms. The van der Waals surface area contributed by atoms with E-state index < -0.39 is 10.0 Å². The molecule has 0 saturated carbocycles. The van der Waals surface area contributed by atoms with Crippen molar-refractivity contribution < 1.29 is 12.8 Å². The minimum absolute atomic E-state index is 0.109.